The number of halogens is 2. The van der Waals surface area contributed by atoms with Gasteiger partial charge in [-0.15, -0.1) is 0 Å². The van der Waals surface area contributed by atoms with Gasteiger partial charge in [-0.05, 0) is 13.0 Å². The van der Waals surface area contributed by atoms with Gasteiger partial charge in [-0.3, -0.25) is 9.59 Å². The van der Waals surface area contributed by atoms with Gasteiger partial charge < -0.3 is 4.98 Å². The SMILES string of the molecule is Cc1[nH]c2ccccc2c1C1=C(Cl)C(=O)C(Cl)=CC1=O. The van der Waals surface area contributed by atoms with Crippen molar-refractivity contribution in [3.05, 3.63) is 51.7 Å². The van der Waals surface area contributed by atoms with Crippen LogP contribution in [0.25, 0.3) is 16.5 Å². The lowest BCUT2D eigenvalue weighted by molar-refractivity contribution is -0.113. The zero-order chi connectivity index (χ0) is 14.4. The van der Waals surface area contributed by atoms with Gasteiger partial charge in [0.05, 0.1) is 10.6 Å². The number of aromatic amines is 1. The number of fused-ring (bicyclic) bond motifs is 1. The molecular weight excluding hydrogens is 297 g/mol. The molecule has 1 N–H and O–H groups in total. The summed E-state index contributed by atoms with van der Waals surface area (Å²) in [7, 11) is 0. The van der Waals surface area contributed by atoms with Crippen LogP contribution in [0.2, 0.25) is 0 Å². The molecule has 0 atom stereocenters. The van der Waals surface area contributed by atoms with Gasteiger partial charge in [-0.2, -0.15) is 0 Å². The van der Waals surface area contributed by atoms with Crippen LogP contribution in [0.3, 0.4) is 0 Å². The average Bonchev–Trinajstić information content (AvgIpc) is 2.73. The third kappa shape index (κ3) is 1.82. The number of Topliss-reactive ketones (excluding diaryl/α,β-unsaturated/α-hetero) is 1. The third-order valence-electron chi connectivity index (χ3n) is 3.28. The van der Waals surface area contributed by atoms with Gasteiger partial charge in [0.1, 0.15) is 5.03 Å². The number of allylic oxidation sites excluding steroid dienone is 4. The predicted octanol–water partition coefficient (Wildman–Crippen LogP) is 3.70. The maximum absolute atomic E-state index is 12.2. The fourth-order valence-corrected chi connectivity index (χ4v) is 2.94. The predicted molar refractivity (Wildman–Crippen MR) is 79.8 cm³/mol. The number of carbonyl (C=O) groups is 2. The summed E-state index contributed by atoms with van der Waals surface area (Å²) >= 11 is 11.8. The standard InChI is InChI=1S/C15H9Cl2NO2/c1-7-12(8-4-2-3-5-10(8)18-7)13-11(19)6-9(16)15(20)14(13)17/h2-6,18H,1H3. The van der Waals surface area contributed by atoms with Crippen LogP contribution in [0.5, 0.6) is 0 Å². The Hall–Kier alpha value is -1.84. The van der Waals surface area contributed by atoms with Gasteiger partial charge >= 0.3 is 0 Å². The summed E-state index contributed by atoms with van der Waals surface area (Å²) in [6, 6.07) is 7.54. The Bertz CT molecular complexity index is 828. The topological polar surface area (TPSA) is 49.9 Å². The molecule has 100 valence electrons. The first-order valence-corrected chi connectivity index (χ1v) is 6.70. The van der Waals surface area contributed by atoms with E-state index in [0.717, 1.165) is 22.7 Å². The van der Waals surface area contributed by atoms with Crippen LogP contribution in [0, 0.1) is 6.92 Å². The second-order valence-electron chi connectivity index (χ2n) is 4.55. The molecule has 0 saturated carbocycles. The van der Waals surface area contributed by atoms with Crippen molar-refractivity contribution >= 4 is 51.2 Å². The summed E-state index contributed by atoms with van der Waals surface area (Å²) in [5, 5.41) is 0.572. The van der Waals surface area contributed by atoms with Crippen molar-refractivity contribution in [1.29, 1.82) is 0 Å². The molecule has 3 rings (SSSR count). The van der Waals surface area contributed by atoms with Crippen LogP contribution in [-0.4, -0.2) is 16.6 Å². The molecule has 0 aliphatic heterocycles. The van der Waals surface area contributed by atoms with Gasteiger partial charge in [-0.25, -0.2) is 0 Å². The van der Waals surface area contributed by atoms with Gasteiger partial charge in [-0.1, -0.05) is 41.4 Å². The summed E-state index contributed by atoms with van der Waals surface area (Å²) in [6.45, 7) is 1.84. The van der Waals surface area contributed by atoms with E-state index in [1.807, 2.05) is 31.2 Å². The molecule has 0 saturated heterocycles. The van der Waals surface area contributed by atoms with Crippen molar-refractivity contribution in [2.24, 2.45) is 0 Å². The van der Waals surface area contributed by atoms with E-state index in [-0.39, 0.29) is 21.4 Å². The van der Waals surface area contributed by atoms with Gasteiger partial charge in [0.15, 0.2) is 5.78 Å². The number of aryl methyl sites for hydroxylation is 1. The fourth-order valence-electron chi connectivity index (χ4n) is 2.41. The molecule has 1 heterocycles. The first-order chi connectivity index (χ1) is 9.50. The first kappa shape index (κ1) is 13.2. The number of carbonyl (C=O) groups excluding carboxylic acids is 2. The Balaban J connectivity index is 2.34. The van der Waals surface area contributed by atoms with E-state index < -0.39 is 5.78 Å². The van der Waals surface area contributed by atoms with Crippen molar-refractivity contribution in [3.63, 3.8) is 0 Å². The quantitative estimate of drug-likeness (QED) is 0.817. The smallest absolute Gasteiger partial charge is 0.216 e. The van der Waals surface area contributed by atoms with E-state index in [4.69, 9.17) is 23.2 Å². The highest BCUT2D eigenvalue weighted by Crippen LogP contribution is 2.36. The minimum Gasteiger partial charge on any atom is -0.358 e. The second kappa shape index (κ2) is 4.62. The summed E-state index contributed by atoms with van der Waals surface area (Å²) in [5.74, 6) is -0.875. The molecule has 0 fully saturated rings. The molecule has 20 heavy (non-hydrogen) atoms. The Morgan fingerprint density at radius 2 is 1.80 bits per heavy atom. The third-order valence-corrected chi connectivity index (χ3v) is 3.92. The van der Waals surface area contributed by atoms with Crippen LogP contribution in [0.1, 0.15) is 11.3 Å². The van der Waals surface area contributed by atoms with E-state index >= 15 is 0 Å². The van der Waals surface area contributed by atoms with Crippen molar-refractivity contribution in [1.82, 2.24) is 4.98 Å². The molecule has 1 aromatic heterocycles. The van der Waals surface area contributed by atoms with Crippen LogP contribution in [-0.2, 0) is 9.59 Å². The molecule has 1 aliphatic rings. The minimum absolute atomic E-state index is 0.129. The Morgan fingerprint density at radius 3 is 2.55 bits per heavy atom. The van der Waals surface area contributed by atoms with Crippen LogP contribution in [0.4, 0.5) is 0 Å². The highest BCUT2D eigenvalue weighted by Gasteiger charge is 2.29. The van der Waals surface area contributed by atoms with Gasteiger partial charge in [0, 0.05) is 28.2 Å². The zero-order valence-corrected chi connectivity index (χ0v) is 12.0. The molecule has 1 aromatic carbocycles. The number of hydrogen-bond donors (Lipinski definition) is 1. The molecule has 2 aromatic rings. The van der Waals surface area contributed by atoms with Crippen LogP contribution in [0.15, 0.2) is 40.4 Å². The van der Waals surface area contributed by atoms with E-state index in [0.29, 0.717) is 5.56 Å². The normalized spacial score (nSPS) is 16.1. The number of para-hydroxylation sites is 1. The molecule has 0 bridgehead atoms. The Labute approximate surface area is 124 Å². The number of H-pyrrole nitrogens is 1. The molecule has 0 amide bonds. The summed E-state index contributed by atoms with van der Waals surface area (Å²) in [6.07, 6.45) is 1.12. The molecule has 5 heteroatoms. The van der Waals surface area contributed by atoms with Gasteiger partial charge in [0.25, 0.3) is 0 Å². The van der Waals surface area contributed by atoms with Crippen LogP contribution >= 0.6 is 23.2 Å². The first-order valence-electron chi connectivity index (χ1n) is 5.94. The molecule has 0 radical (unpaired) electrons. The molecular formula is C15H9Cl2NO2. The molecule has 0 spiro atoms. The minimum atomic E-state index is -0.521. The number of benzene rings is 1. The van der Waals surface area contributed by atoms with E-state index in [1.165, 1.54) is 0 Å². The highest BCUT2D eigenvalue weighted by molar-refractivity contribution is 6.62. The fraction of sp³-hybridized carbons (Fsp3) is 0.0667. The van der Waals surface area contributed by atoms with Crippen molar-refractivity contribution in [2.45, 2.75) is 6.92 Å². The number of ketones is 2. The van der Waals surface area contributed by atoms with E-state index in [2.05, 4.69) is 4.98 Å². The lowest BCUT2D eigenvalue weighted by Gasteiger charge is -2.12. The van der Waals surface area contributed by atoms with E-state index in [1.54, 1.807) is 0 Å². The number of nitrogens with one attached hydrogen (secondary N) is 1. The monoisotopic (exact) mass is 305 g/mol. The molecule has 1 aliphatic carbocycles. The molecule has 3 nitrogen and oxygen atoms in total. The second-order valence-corrected chi connectivity index (χ2v) is 5.33. The van der Waals surface area contributed by atoms with Crippen molar-refractivity contribution in [3.8, 4) is 0 Å². The van der Waals surface area contributed by atoms with Crippen molar-refractivity contribution < 1.29 is 9.59 Å². The summed E-state index contributed by atoms with van der Waals surface area (Å²) in [5.41, 5.74) is 2.53. The lowest BCUT2D eigenvalue weighted by atomic mass is 9.94. The number of aromatic nitrogens is 1. The largest absolute Gasteiger partial charge is 0.358 e. The summed E-state index contributed by atoms with van der Waals surface area (Å²) in [4.78, 5) is 27.2. The Morgan fingerprint density at radius 1 is 1.10 bits per heavy atom. The maximum atomic E-state index is 12.2. The Kier molecular flexibility index (Phi) is 3.04. The number of hydrogen-bond acceptors (Lipinski definition) is 2. The van der Waals surface area contributed by atoms with E-state index in [9.17, 15) is 9.59 Å². The highest BCUT2D eigenvalue weighted by atomic mass is 35.5. The summed E-state index contributed by atoms with van der Waals surface area (Å²) < 4.78 is 0. The van der Waals surface area contributed by atoms with Crippen LogP contribution < -0.4 is 0 Å². The zero-order valence-electron chi connectivity index (χ0n) is 10.5. The maximum Gasteiger partial charge on any atom is 0.216 e. The van der Waals surface area contributed by atoms with Crippen molar-refractivity contribution in [2.75, 3.05) is 0 Å². The lowest BCUT2D eigenvalue weighted by Crippen LogP contribution is -2.14. The molecule has 0 unspecified atom stereocenters. The van der Waals surface area contributed by atoms with Gasteiger partial charge in [0.2, 0.25) is 5.78 Å². The average molecular weight is 306 g/mol. The number of rotatable bonds is 1.